The third kappa shape index (κ3) is 4.25. The van der Waals surface area contributed by atoms with E-state index in [0.29, 0.717) is 11.7 Å². The lowest BCUT2D eigenvalue weighted by atomic mass is 9.99. The van der Waals surface area contributed by atoms with Crippen LogP contribution in [0.15, 0.2) is 65.1 Å². The Bertz CT molecular complexity index is 906. The lowest BCUT2D eigenvalue weighted by Gasteiger charge is -2.12. The van der Waals surface area contributed by atoms with Crippen molar-refractivity contribution in [3.05, 3.63) is 70.7 Å². The maximum Gasteiger partial charge on any atom is 0.262 e. The number of hydrogen-bond acceptors (Lipinski definition) is 2. The highest BCUT2D eigenvalue weighted by molar-refractivity contribution is 9.10. The van der Waals surface area contributed by atoms with Crippen molar-refractivity contribution < 1.29 is 9.53 Å². The van der Waals surface area contributed by atoms with Gasteiger partial charge in [0.25, 0.3) is 5.91 Å². The van der Waals surface area contributed by atoms with E-state index >= 15 is 0 Å². The monoisotopic (exact) mass is 411 g/mol. The number of nitrogens with one attached hydrogen (secondary N) is 1. The summed E-state index contributed by atoms with van der Waals surface area (Å²) in [6, 6.07) is 19.9. The molecule has 134 valence electrons. The highest BCUT2D eigenvalue weighted by Crippen LogP contribution is 2.33. The molecule has 0 bridgehead atoms. The molecule has 1 amide bonds. The van der Waals surface area contributed by atoms with Crippen molar-refractivity contribution in [1.29, 1.82) is 0 Å². The Labute approximate surface area is 162 Å². The van der Waals surface area contributed by atoms with Gasteiger partial charge in [-0.05, 0) is 62.8 Å². The molecule has 1 N–H and O–H groups in total. The van der Waals surface area contributed by atoms with Gasteiger partial charge in [0.15, 0.2) is 6.61 Å². The van der Waals surface area contributed by atoms with Gasteiger partial charge in [0.2, 0.25) is 0 Å². The molecule has 0 aromatic heterocycles. The molecule has 0 radical (unpaired) electrons. The topological polar surface area (TPSA) is 38.3 Å². The number of rotatable bonds is 6. The van der Waals surface area contributed by atoms with E-state index in [0.717, 1.165) is 27.4 Å². The molecule has 3 rings (SSSR count). The van der Waals surface area contributed by atoms with Gasteiger partial charge in [-0.3, -0.25) is 4.79 Å². The Balaban J connectivity index is 1.61. The van der Waals surface area contributed by atoms with Crippen molar-refractivity contribution in [2.24, 2.45) is 0 Å². The predicted octanol–water partition coefficient (Wildman–Crippen LogP) is 6.13. The van der Waals surface area contributed by atoms with E-state index in [4.69, 9.17) is 4.74 Å². The average Bonchev–Trinajstić information content (AvgIpc) is 2.67. The number of carbonyl (C=O) groups is 1. The van der Waals surface area contributed by atoms with E-state index in [-0.39, 0.29) is 12.5 Å². The summed E-state index contributed by atoms with van der Waals surface area (Å²) in [7, 11) is 0. The molecule has 0 heterocycles. The molecule has 0 saturated heterocycles. The summed E-state index contributed by atoms with van der Waals surface area (Å²) in [6.45, 7) is 4.33. The maximum atomic E-state index is 12.2. The van der Waals surface area contributed by atoms with E-state index in [2.05, 4.69) is 47.2 Å². The molecule has 26 heavy (non-hydrogen) atoms. The third-order valence-corrected chi connectivity index (χ3v) is 5.38. The van der Waals surface area contributed by atoms with Gasteiger partial charge in [0.1, 0.15) is 5.75 Å². The van der Waals surface area contributed by atoms with Gasteiger partial charge in [0.05, 0.1) is 4.47 Å². The van der Waals surface area contributed by atoms with Crippen molar-refractivity contribution in [3.8, 4) is 5.75 Å². The van der Waals surface area contributed by atoms with Crippen LogP contribution in [0.25, 0.3) is 10.8 Å². The van der Waals surface area contributed by atoms with Gasteiger partial charge in [0, 0.05) is 5.69 Å². The van der Waals surface area contributed by atoms with E-state index in [9.17, 15) is 4.79 Å². The van der Waals surface area contributed by atoms with Crippen LogP contribution in [0.4, 0.5) is 5.69 Å². The zero-order chi connectivity index (χ0) is 18.5. The highest BCUT2D eigenvalue weighted by Gasteiger charge is 2.09. The molecule has 0 spiro atoms. The second-order valence-corrected chi connectivity index (χ2v) is 7.16. The number of anilines is 1. The number of halogens is 1. The van der Waals surface area contributed by atoms with Crippen LogP contribution in [0.3, 0.4) is 0 Å². The summed E-state index contributed by atoms with van der Waals surface area (Å²) < 4.78 is 6.56. The Morgan fingerprint density at radius 2 is 1.81 bits per heavy atom. The highest BCUT2D eigenvalue weighted by atomic mass is 79.9. The van der Waals surface area contributed by atoms with Gasteiger partial charge in [-0.2, -0.15) is 0 Å². The summed E-state index contributed by atoms with van der Waals surface area (Å²) in [4.78, 5) is 12.2. The van der Waals surface area contributed by atoms with Crippen molar-refractivity contribution >= 4 is 38.3 Å². The predicted molar refractivity (Wildman–Crippen MR) is 111 cm³/mol. The van der Waals surface area contributed by atoms with Crippen molar-refractivity contribution in [2.75, 3.05) is 11.9 Å². The van der Waals surface area contributed by atoms with Crippen LogP contribution in [0.1, 0.15) is 31.7 Å². The molecule has 0 unspecified atom stereocenters. The van der Waals surface area contributed by atoms with Crippen LogP contribution in [0.5, 0.6) is 5.75 Å². The van der Waals surface area contributed by atoms with Crippen molar-refractivity contribution in [3.63, 3.8) is 0 Å². The van der Waals surface area contributed by atoms with Crippen LogP contribution >= 0.6 is 15.9 Å². The summed E-state index contributed by atoms with van der Waals surface area (Å²) >= 11 is 3.57. The fourth-order valence-electron chi connectivity index (χ4n) is 2.80. The molecule has 0 aliphatic carbocycles. The van der Waals surface area contributed by atoms with Crippen molar-refractivity contribution in [2.45, 2.75) is 26.2 Å². The summed E-state index contributed by atoms with van der Waals surface area (Å²) in [6.07, 6.45) is 1.10. The lowest BCUT2D eigenvalue weighted by molar-refractivity contribution is -0.118. The first-order valence-corrected chi connectivity index (χ1v) is 9.57. The second-order valence-electron chi connectivity index (χ2n) is 6.37. The quantitative estimate of drug-likeness (QED) is 0.529. The van der Waals surface area contributed by atoms with Gasteiger partial charge >= 0.3 is 0 Å². The minimum atomic E-state index is -0.179. The number of carbonyl (C=O) groups excluding carboxylic acids is 1. The zero-order valence-electron chi connectivity index (χ0n) is 15.0. The molecular weight excluding hydrogens is 390 g/mol. The average molecular weight is 412 g/mol. The number of amides is 1. The van der Waals surface area contributed by atoms with Crippen LogP contribution in [-0.2, 0) is 4.79 Å². The first kappa shape index (κ1) is 18.5. The fourth-order valence-corrected chi connectivity index (χ4v) is 3.40. The molecule has 3 nitrogen and oxygen atoms in total. The van der Waals surface area contributed by atoms with Gasteiger partial charge in [-0.25, -0.2) is 0 Å². The van der Waals surface area contributed by atoms with Gasteiger partial charge in [-0.15, -0.1) is 0 Å². The van der Waals surface area contributed by atoms with Crippen molar-refractivity contribution in [1.82, 2.24) is 0 Å². The van der Waals surface area contributed by atoms with E-state index < -0.39 is 0 Å². The third-order valence-electron chi connectivity index (χ3n) is 4.56. The molecule has 4 heteroatoms. The number of hydrogen-bond donors (Lipinski definition) is 1. The summed E-state index contributed by atoms with van der Waals surface area (Å²) in [5.41, 5.74) is 2.06. The first-order valence-electron chi connectivity index (χ1n) is 8.78. The van der Waals surface area contributed by atoms with Crippen LogP contribution in [0, 0.1) is 0 Å². The molecule has 0 fully saturated rings. The Kier molecular flexibility index (Phi) is 5.94. The van der Waals surface area contributed by atoms with Gasteiger partial charge < -0.3 is 10.1 Å². The molecule has 0 saturated carbocycles. The number of benzene rings is 3. The van der Waals surface area contributed by atoms with Crippen LogP contribution < -0.4 is 10.1 Å². The number of ether oxygens (including phenoxy) is 1. The first-order chi connectivity index (χ1) is 12.6. The SMILES string of the molecule is CC[C@H](C)c1ccc(NC(=O)COc2ccc3ccccc3c2Br)cc1. The minimum absolute atomic E-state index is 0.0376. The second kappa shape index (κ2) is 8.37. The Hall–Kier alpha value is -2.33. The molecule has 3 aromatic rings. The maximum absolute atomic E-state index is 12.2. The lowest BCUT2D eigenvalue weighted by Crippen LogP contribution is -2.20. The van der Waals surface area contributed by atoms with Crippen LogP contribution in [0.2, 0.25) is 0 Å². The minimum Gasteiger partial charge on any atom is -0.483 e. The van der Waals surface area contributed by atoms with E-state index in [1.165, 1.54) is 5.56 Å². The zero-order valence-corrected chi connectivity index (χ0v) is 16.5. The smallest absolute Gasteiger partial charge is 0.262 e. The van der Waals surface area contributed by atoms with Gasteiger partial charge in [-0.1, -0.05) is 56.3 Å². The number of fused-ring (bicyclic) bond motifs is 1. The molecule has 1 atom stereocenters. The Morgan fingerprint density at radius 1 is 1.08 bits per heavy atom. The molecular formula is C22H22BrNO2. The molecule has 0 aliphatic heterocycles. The standard InChI is InChI=1S/C22H22BrNO2/c1-3-15(2)16-8-11-18(12-9-16)24-21(25)14-26-20-13-10-17-6-4-5-7-19(17)22(20)23/h4-13,15H,3,14H2,1-2H3,(H,24,25)/t15-/m0/s1. The van der Waals surface area contributed by atoms with E-state index in [1.807, 2.05) is 48.5 Å². The normalized spacial score (nSPS) is 12.0. The molecule has 0 aliphatic rings. The summed E-state index contributed by atoms with van der Waals surface area (Å²) in [5, 5.41) is 5.06. The molecule has 3 aromatic carbocycles. The Morgan fingerprint density at radius 3 is 2.54 bits per heavy atom. The van der Waals surface area contributed by atoms with Crippen LogP contribution in [-0.4, -0.2) is 12.5 Å². The van der Waals surface area contributed by atoms with E-state index in [1.54, 1.807) is 0 Å². The summed E-state index contributed by atoms with van der Waals surface area (Å²) in [5.74, 6) is 1.00. The fraction of sp³-hybridized carbons (Fsp3) is 0.227. The largest absolute Gasteiger partial charge is 0.483 e.